The molecule has 1 heterocycles. The molecule has 0 aromatic heterocycles. The lowest BCUT2D eigenvalue weighted by atomic mass is 9.79. The highest BCUT2D eigenvalue weighted by molar-refractivity contribution is 7.88. The number of halogens is 1. The van der Waals surface area contributed by atoms with Gasteiger partial charge in [0.15, 0.2) is 0 Å². The minimum absolute atomic E-state index is 0.0380. The molecular weight excluding hydrogens is 276 g/mol. The van der Waals surface area contributed by atoms with E-state index in [1.54, 1.807) is 18.2 Å². The van der Waals surface area contributed by atoms with Crippen LogP contribution in [0.3, 0.4) is 0 Å². The van der Waals surface area contributed by atoms with Gasteiger partial charge < -0.3 is 9.68 Å². The summed E-state index contributed by atoms with van der Waals surface area (Å²) >= 11 is 6.11. The molecule has 1 aliphatic heterocycles. The highest BCUT2D eigenvalue weighted by Crippen LogP contribution is 2.33. The fourth-order valence-corrected chi connectivity index (χ4v) is 3.05. The molecule has 1 aromatic carbocycles. The van der Waals surface area contributed by atoms with Crippen LogP contribution in [-0.4, -0.2) is 27.2 Å². The Morgan fingerprint density at radius 2 is 2.28 bits per heavy atom. The van der Waals surface area contributed by atoms with E-state index in [0.29, 0.717) is 23.5 Å². The summed E-state index contributed by atoms with van der Waals surface area (Å²) in [7, 11) is -4.31. The molecule has 1 unspecified atom stereocenters. The molecule has 2 rings (SSSR count). The smallest absolute Gasteiger partial charge is 0.427 e. The summed E-state index contributed by atoms with van der Waals surface area (Å²) in [5.41, 5.74) is 1.40. The van der Waals surface area contributed by atoms with Crippen molar-refractivity contribution in [2.75, 3.05) is 6.61 Å². The Balaban J connectivity index is 2.20. The Morgan fingerprint density at radius 3 is 2.78 bits per heavy atom. The van der Waals surface area contributed by atoms with Gasteiger partial charge in [-0.3, -0.25) is 0 Å². The predicted octanol–water partition coefficient (Wildman–Crippen LogP) is 0.723. The lowest BCUT2D eigenvalue weighted by Crippen LogP contribution is -2.14. The lowest BCUT2D eigenvalue weighted by Gasteiger charge is -2.11. The molecule has 1 atom stereocenters. The molecule has 18 heavy (non-hydrogen) atoms. The second-order valence-corrected chi connectivity index (χ2v) is 6.41. The molecule has 0 amide bonds. The van der Waals surface area contributed by atoms with E-state index in [0.717, 1.165) is 5.56 Å². The van der Waals surface area contributed by atoms with Gasteiger partial charge in [0.2, 0.25) is 10.0 Å². The maximum absolute atomic E-state index is 11.0. The van der Waals surface area contributed by atoms with Crippen molar-refractivity contribution in [2.24, 2.45) is 5.14 Å². The minimum Gasteiger partial charge on any atom is -0.427 e. The van der Waals surface area contributed by atoms with Crippen molar-refractivity contribution in [1.29, 1.82) is 0 Å². The van der Waals surface area contributed by atoms with Gasteiger partial charge in [-0.05, 0) is 23.5 Å². The average Bonchev–Trinajstić information content (AvgIpc) is 2.62. The first-order valence-corrected chi connectivity index (χ1v) is 7.53. The number of benzene rings is 1. The van der Waals surface area contributed by atoms with Gasteiger partial charge in [-0.1, -0.05) is 23.7 Å². The highest BCUT2D eigenvalue weighted by Gasteiger charge is 2.30. The van der Waals surface area contributed by atoms with Crippen LogP contribution in [0.4, 0.5) is 0 Å². The minimum atomic E-state index is -3.56. The number of hydrogen-bond donors (Lipinski definition) is 2. The van der Waals surface area contributed by atoms with Crippen LogP contribution < -0.4 is 5.14 Å². The normalized spacial score (nSPS) is 20.4. The Bertz CT molecular complexity index is 551. The summed E-state index contributed by atoms with van der Waals surface area (Å²) in [5, 5.41) is 14.7. The molecular formula is C10H13BClNO4S. The zero-order valence-electron chi connectivity index (χ0n) is 9.54. The molecule has 0 saturated carbocycles. The molecule has 5 nitrogen and oxygen atoms in total. The van der Waals surface area contributed by atoms with Crippen LogP contribution >= 0.6 is 11.6 Å². The van der Waals surface area contributed by atoms with Gasteiger partial charge >= 0.3 is 7.12 Å². The third-order valence-electron chi connectivity index (χ3n) is 2.85. The van der Waals surface area contributed by atoms with E-state index >= 15 is 0 Å². The average molecular weight is 290 g/mol. The van der Waals surface area contributed by atoms with E-state index < -0.39 is 17.1 Å². The molecule has 1 fully saturated rings. The summed E-state index contributed by atoms with van der Waals surface area (Å²) in [6.07, 6.45) is 0.494. The van der Waals surface area contributed by atoms with Gasteiger partial charge in [-0.25, -0.2) is 13.6 Å². The van der Waals surface area contributed by atoms with Crippen molar-refractivity contribution < 1.29 is 18.1 Å². The maximum atomic E-state index is 11.0. The lowest BCUT2D eigenvalue weighted by molar-refractivity contribution is 0.292. The van der Waals surface area contributed by atoms with Crippen LogP contribution in [0, 0.1) is 0 Å². The van der Waals surface area contributed by atoms with Crippen molar-refractivity contribution in [3.63, 3.8) is 0 Å². The number of sulfonamides is 1. The van der Waals surface area contributed by atoms with E-state index in [1.807, 2.05) is 0 Å². The number of hydrogen-bond acceptors (Lipinski definition) is 4. The van der Waals surface area contributed by atoms with Crippen molar-refractivity contribution in [3.8, 4) is 0 Å². The molecule has 0 bridgehead atoms. The summed E-state index contributed by atoms with van der Waals surface area (Å²) < 4.78 is 27.0. The van der Waals surface area contributed by atoms with Gasteiger partial charge in [0, 0.05) is 17.5 Å². The van der Waals surface area contributed by atoms with E-state index in [2.05, 4.69) is 0 Å². The number of rotatable bonds is 3. The van der Waals surface area contributed by atoms with Crippen LogP contribution in [0.1, 0.15) is 17.0 Å². The molecule has 1 aromatic rings. The van der Waals surface area contributed by atoms with Gasteiger partial charge in [0.05, 0.1) is 5.75 Å². The van der Waals surface area contributed by atoms with Crippen LogP contribution in [0.15, 0.2) is 18.2 Å². The summed E-state index contributed by atoms with van der Waals surface area (Å²) in [5.74, 6) is -0.201. The van der Waals surface area contributed by atoms with Crippen LogP contribution in [0.2, 0.25) is 11.3 Å². The predicted molar refractivity (Wildman–Crippen MR) is 69.7 cm³/mol. The second kappa shape index (κ2) is 5.18. The maximum Gasteiger partial charge on any atom is 0.454 e. The van der Waals surface area contributed by atoms with Crippen molar-refractivity contribution in [2.45, 2.75) is 18.0 Å². The number of primary sulfonamides is 1. The van der Waals surface area contributed by atoms with Gasteiger partial charge in [0.1, 0.15) is 0 Å². The Hall–Kier alpha value is -0.595. The zero-order valence-corrected chi connectivity index (χ0v) is 11.1. The quantitative estimate of drug-likeness (QED) is 0.803. The highest BCUT2D eigenvalue weighted by atomic mass is 35.5. The molecule has 3 N–H and O–H groups in total. The molecule has 0 aliphatic carbocycles. The molecule has 0 spiro atoms. The number of nitrogens with two attached hydrogens (primary N) is 1. The third-order valence-corrected chi connectivity index (χ3v) is 3.91. The Labute approximate surface area is 111 Å². The summed E-state index contributed by atoms with van der Waals surface area (Å²) in [6, 6.07) is 5.03. The second-order valence-electron chi connectivity index (χ2n) is 4.38. The molecule has 0 radical (unpaired) electrons. The third kappa shape index (κ3) is 3.46. The first-order valence-electron chi connectivity index (χ1n) is 5.43. The monoisotopic (exact) mass is 289 g/mol. The zero-order chi connectivity index (χ0) is 13.3. The molecule has 1 saturated heterocycles. The molecule has 1 aliphatic rings. The summed E-state index contributed by atoms with van der Waals surface area (Å²) in [4.78, 5) is 0. The van der Waals surface area contributed by atoms with Crippen LogP contribution in [-0.2, 0) is 20.4 Å². The van der Waals surface area contributed by atoms with E-state index in [9.17, 15) is 13.4 Å². The SMILES string of the molecule is NS(=O)(=O)Cc1ccc(C2COB(O)C2)c(Cl)c1. The van der Waals surface area contributed by atoms with Crippen molar-refractivity contribution in [3.05, 3.63) is 34.3 Å². The van der Waals surface area contributed by atoms with Gasteiger partial charge in [-0.15, -0.1) is 0 Å². The fraction of sp³-hybridized carbons (Fsp3) is 0.400. The van der Waals surface area contributed by atoms with Gasteiger partial charge in [-0.2, -0.15) is 0 Å². The van der Waals surface area contributed by atoms with Crippen molar-refractivity contribution in [1.82, 2.24) is 0 Å². The van der Waals surface area contributed by atoms with Gasteiger partial charge in [0.25, 0.3) is 0 Å². The van der Waals surface area contributed by atoms with E-state index in [1.165, 1.54) is 0 Å². The van der Waals surface area contributed by atoms with E-state index in [4.69, 9.17) is 21.4 Å². The fourth-order valence-electron chi connectivity index (χ4n) is 2.05. The van der Waals surface area contributed by atoms with Crippen LogP contribution in [0.5, 0.6) is 0 Å². The first kappa shape index (κ1) is 13.8. The topological polar surface area (TPSA) is 89.6 Å². The first-order chi connectivity index (χ1) is 8.35. The van der Waals surface area contributed by atoms with Crippen molar-refractivity contribution >= 4 is 28.7 Å². The molecule has 98 valence electrons. The molecule has 8 heteroatoms. The largest absolute Gasteiger partial charge is 0.454 e. The Kier molecular flexibility index (Phi) is 3.98. The summed E-state index contributed by atoms with van der Waals surface area (Å²) in [6.45, 7) is 0.412. The van der Waals surface area contributed by atoms with E-state index in [-0.39, 0.29) is 11.7 Å². The van der Waals surface area contributed by atoms with Crippen LogP contribution in [0.25, 0.3) is 0 Å². The Morgan fingerprint density at radius 1 is 1.56 bits per heavy atom. The standard InChI is InChI=1S/C10H13BClNO4S/c12-10-3-7(6-18(13,15)16)1-2-9(10)8-4-11(14)17-5-8/h1-3,8,14H,4-6H2,(H2,13,15,16).